The Morgan fingerprint density at radius 1 is 1.21 bits per heavy atom. The highest BCUT2D eigenvalue weighted by Gasteiger charge is 2.39. The van der Waals surface area contributed by atoms with E-state index >= 15 is 0 Å². The van der Waals surface area contributed by atoms with Gasteiger partial charge in [-0.15, -0.1) is 12.4 Å². The van der Waals surface area contributed by atoms with Crippen molar-refractivity contribution in [1.29, 1.82) is 0 Å². The molecular weight excluding hydrogens is 350 g/mol. The van der Waals surface area contributed by atoms with E-state index in [4.69, 9.17) is 0 Å². The van der Waals surface area contributed by atoms with Crippen LogP contribution in [0.15, 0.2) is 35.2 Å². The van der Waals surface area contributed by atoms with Gasteiger partial charge in [0.05, 0.1) is 4.90 Å². The van der Waals surface area contributed by atoms with Gasteiger partial charge in [-0.3, -0.25) is 4.79 Å². The normalized spacial score (nSPS) is 18.1. The minimum absolute atomic E-state index is 0. The minimum Gasteiger partial charge on any atom is -0.353 e. The van der Waals surface area contributed by atoms with E-state index in [0.717, 1.165) is 13.0 Å². The molecule has 8 heteroatoms. The molecule has 1 amide bonds. The Morgan fingerprint density at radius 2 is 1.92 bits per heavy atom. The first-order valence-corrected chi connectivity index (χ1v) is 9.56. The Hall–Kier alpha value is -1.15. The number of carbonyl (C=O) groups is 1. The number of amides is 1. The molecule has 2 N–H and O–H groups in total. The van der Waals surface area contributed by atoms with Gasteiger partial charge in [-0.2, -0.15) is 4.31 Å². The van der Waals surface area contributed by atoms with Gasteiger partial charge in [0, 0.05) is 19.6 Å². The Labute approximate surface area is 150 Å². The van der Waals surface area contributed by atoms with Crippen molar-refractivity contribution in [1.82, 2.24) is 14.9 Å². The molecule has 0 radical (unpaired) electrons. The molecule has 0 spiro atoms. The highest BCUT2D eigenvalue weighted by molar-refractivity contribution is 7.89. The predicted octanol–water partition coefficient (Wildman–Crippen LogP) is 1.38. The molecule has 1 fully saturated rings. The summed E-state index contributed by atoms with van der Waals surface area (Å²) < 4.78 is 26.7. The van der Waals surface area contributed by atoms with Crippen molar-refractivity contribution in [3.05, 3.63) is 30.3 Å². The Bertz CT molecular complexity index is 610. The van der Waals surface area contributed by atoms with Gasteiger partial charge in [-0.25, -0.2) is 8.42 Å². The molecule has 1 aliphatic rings. The molecular formula is C16H26ClN3O3S. The fraction of sp³-hybridized carbons (Fsp3) is 0.562. The molecule has 1 atom stereocenters. The van der Waals surface area contributed by atoms with Crippen LogP contribution in [0.25, 0.3) is 0 Å². The number of hydrogen-bond donors (Lipinski definition) is 2. The van der Waals surface area contributed by atoms with Crippen LogP contribution in [-0.4, -0.2) is 50.9 Å². The predicted molar refractivity (Wildman–Crippen MR) is 96.8 cm³/mol. The lowest BCUT2D eigenvalue weighted by molar-refractivity contribution is -0.124. The van der Waals surface area contributed by atoms with Crippen LogP contribution < -0.4 is 10.6 Å². The van der Waals surface area contributed by atoms with Gasteiger partial charge in [0.2, 0.25) is 15.9 Å². The quantitative estimate of drug-likeness (QED) is 0.673. The summed E-state index contributed by atoms with van der Waals surface area (Å²) in [6.45, 7) is 4.58. The number of nitrogens with zero attached hydrogens (tertiary/aromatic N) is 1. The molecule has 1 aromatic rings. The second-order valence-corrected chi connectivity index (χ2v) is 7.52. The third-order valence-electron chi connectivity index (χ3n) is 3.88. The lowest BCUT2D eigenvalue weighted by Crippen LogP contribution is -2.47. The smallest absolute Gasteiger partial charge is 0.243 e. The maximum Gasteiger partial charge on any atom is 0.243 e. The van der Waals surface area contributed by atoms with Crippen LogP contribution in [0.3, 0.4) is 0 Å². The van der Waals surface area contributed by atoms with Gasteiger partial charge < -0.3 is 10.6 Å². The molecule has 6 nitrogen and oxygen atoms in total. The van der Waals surface area contributed by atoms with Gasteiger partial charge in [-0.05, 0) is 37.9 Å². The van der Waals surface area contributed by atoms with E-state index in [2.05, 4.69) is 17.6 Å². The molecule has 0 aromatic heterocycles. The second-order valence-electron chi connectivity index (χ2n) is 5.63. The van der Waals surface area contributed by atoms with Crippen molar-refractivity contribution in [3.8, 4) is 0 Å². The molecule has 0 saturated carbocycles. The van der Waals surface area contributed by atoms with Gasteiger partial charge in [0.15, 0.2) is 0 Å². The first-order valence-electron chi connectivity index (χ1n) is 8.12. The SMILES string of the molecule is CCCNCCNC(=O)C1CCCN1S(=O)(=O)c1ccccc1.Cl. The summed E-state index contributed by atoms with van der Waals surface area (Å²) in [7, 11) is -3.62. The highest BCUT2D eigenvalue weighted by atomic mass is 35.5. The number of sulfonamides is 1. The van der Waals surface area contributed by atoms with Gasteiger partial charge in [-0.1, -0.05) is 25.1 Å². The maximum absolute atomic E-state index is 12.7. The average Bonchev–Trinajstić information content (AvgIpc) is 3.06. The summed E-state index contributed by atoms with van der Waals surface area (Å²) in [6, 6.07) is 7.69. The molecule has 0 bridgehead atoms. The summed E-state index contributed by atoms with van der Waals surface area (Å²) in [5, 5.41) is 6.03. The largest absolute Gasteiger partial charge is 0.353 e. The lowest BCUT2D eigenvalue weighted by atomic mass is 10.2. The molecule has 1 unspecified atom stereocenters. The number of nitrogens with one attached hydrogen (secondary N) is 2. The van der Waals surface area contributed by atoms with E-state index in [9.17, 15) is 13.2 Å². The summed E-state index contributed by atoms with van der Waals surface area (Å²) in [6.07, 6.45) is 2.32. The number of carbonyl (C=O) groups excluding carboxylic acids is 1. The van der Waals surface area contributed by atoms with Gasteiger partial charge >= 0.3 is 0 Å². The molecule has 24 heavy (non-hydrogen) atoms. The first kappa shape index (κ1) is 20.9. The standard InChI is InChI=1S/C16H25N3O3S.ClH/c1-2-10-17-11-12-18-16(20)15-9-6-13-19(15)23(21,22)14-7-4-3-5-8-14;/h3-5,7-8,15,17H,2,6,9-13H2,1H3,(H,18,20);1H. The van der Waals surface area contributed by atoms with E-state index in [1.165, 1.54) is 4.31 Å². The maximum atomic E-state index is 12.7. The van der Waals surface area contributed by atoms with Crippen molar-refractivity contribution >= 4 is 28.3 Å². The zero-order chi connectivity index (χ0) is 16.7. The van der Waals surface area contributed by atoms with Crippen LogP contribution in [0.5, 0.6) is 0 Å². The molecule has 1 aromatic carbocycles. The van der Waals surface area contributed by atoms with E-state index < -0.39 is 16.1 Å². The molecule has 0 aliphatic carbocycles. The summed E-state index contributed by atoms with van der Waals surface area (Å²) in [4.78, 5) is 12.6. The van der Waals surface area contributed by atoms with Crippen LogP contribution in [-0.2, 0) is 14.8 Å². The van der Waals surface area contributed by atoms with Crippen LogP contribution in [0, 0.1) is 0 Å². The topological polar surface area (TPSA) is 78.5 Å². The van der Waals surface area contributed by atoms with Crippen LogP contribution >= 0.6 is 12.4 Å². The Balaban J connectivity index is 0.00000288. The van der Waals surface area contributed by atoms with Crippen LogP contribution in [0.1, 0.15) is 26.2 Å². The molecule has 2 rings (SSSR count). The molecule has 1 saturated heterocycles. The zero-order valence-electron chi connectivity index (χ0n) is 13.9. The summed E-state index contributed by atoms with van der Waals surface area (Å²) in [5.41, 5.74) is 0. The van der Waals surface area contributed by atoms with Crippen LogP contribution in [0.4, 0.5) is 0 Å². The van der Waals surface area contributed by atoms with E-state index in [0.29, 0.717) is 32.5 Å². The lowest BCUT2D eigenvalue weighted by Gasteiger charge is -2.23. The van der Waals surface area contributed by atoms with E-state index in [-0.39, 0.29) is 23.2 Å². The van der Waals surface area contributed by atoms with E-state index in [1.54, 1.807) is 30.3 Å². The average molecular weight is 376 g/mol. The highest BCUT2D eigenvalue weighted by Crippen LogP contribution is 2.25. The number of halogens is 1. The van der Waals surface area contributed by atoms with Gasteiger partial charge in [0.1, 0.15) is 6.04 Å². The number of hydrogen-bond acceptors (Lipinski definition) is 4. The van der Waals surface area contributed by atoms with Crippen molar-refractivity contribution in [2.45, 2.75) is 37.1 Å². The molecule has 1 heterocycles. The summed E-state index contributed by atoms with van der Waals surface area (Å²) >= 11 is 0. The summed E-state index contributed by atoms with van der Waals surface area (Å²) in [5.74, 6) is -0.208. The Kier molecular flexibility index (Phi) is 8.69. The molecule has 1 aliphatic heterocycles. The number of benzene rings is 1. The van der Waals surface area contributed by atoms with Gasteiger partial charge in [0.25, 0.3) is 0 Å². The second kappa shape index (κ2) is 9.98. The third kappa shape index (κ3) is 5.17. The third-order valence-corrected chi connectivity index (χ3v) is 5.81. The van der Waals surface area contributed by atoms with E-state index in [1.807, 2.05) is 0 Å². The minimum atomic E-state index is -3.62. The molecule has 136 valence electrons. The number of rotatable bonds is 8. The van der Waals surface area contributed by atoms with Crippen molar-refractivity contribution < 1.29 is 13.2 Å². The van der Waals surface area contributed by atoms with Crippen molar-refractivity contribution in [2.24, 2.45) is 0 Å². The first-order chi connectivity index (χ1) is 11.1. The van der Waals surface area contributed by atoms with Crippen molar-refractivity contribution in [2.75, 3.05) is 26.2 Å². The fourth-order valence-electron chi connectivity index (χ4n) is 2.71. The van der Waals surface area contributed by atoms with Crippen LogP contribution in [0.2, 0.25) is 0 Å². The monoisotopic (exact) mass is 375 g/mol. The Morgan fingerprint density at radius 3 is 2.58 bits per heavy atom. The zero-order valence-corrected chi connectivity index (χ0v) is 15.5. The van der Waals surface area contributed by atoms with Crippen molar-refractivity contribution in [3.63, 3.8) is 0 Å². The fourth-order valence-corrected chi connectivity index (χ4v) is 4.39.